The van der Waals surface area contributed by atoms with Gasteiger partial charge in [0.2, 0.25) is 0 Å². The molecule has 1 N–H and O–H groups in total. The average molecular weight is 258 g/mol. The number of fused-ring (bicyclic) bond motifs is 6. The van der Waals surface area contributed by atoms with Gasteiger partial charge in [0.1, 0.15) is 11.6 Å². The zero-order chi connectivity index (χ0) is 12.4. The van der Waals surface area contributed by atoms with E-state index >= 15 is 0 Å². The molecule has 0 amide bonds. The first-order valence-electron chi connectivity index (χ1n) is 8.06. The third-order valence-electron chi connectivity index (χ3n) is 6.17. The number of aryl methyl sites for hydroxylation is 1. The molecule has 4 unspecified atom stereocenters. The first-order valence-corrected chi connectivity index (χ1v) is 8.06. The summed E-state index contributed by atoms with van der Waals surface area (Å²) in [5.74, 6) is 6.52. The molecule has 1 aromatic heterocycles. The molecule has 5 rings (SSSR count). The fourth-order valence-corrected chi connectivity index (χ4v) is 5.31. The fraction of sp³-hybridized carbons (Fsp3) is 0.867. The number of hydrogen-bond donors (Lipinski definition) is 1. The van der Waals surface area contributed by atoms with Gasteiger partial charge in [-0.1, -0.05) is 0 Å². The van der Waals surface area contributed by atoms with Gasteiger partial charge in [0.05, 0.1) is 6.54 Å². The number of hydrogen-bond acceptors (Lipinski definition) is 3. The van der Waals surface area contributed by atoms with Crippen LogP contribution in [0.5, 0.6) is 0 Å². The van der Waals surface area contributed by atoms with Crippen molar-refractivity contribution in [1.29, 1.82) is 0 Å². The zero-order valence-electron chi connectivity index (χ0n) is 11.4. The summed E-state index contributed by atoms with van der Waals surface area (Å²) >= 11 is 0. The Morgan fingerprint density at radius 3 is 2.79 bits per heavy atom. The molecular formula is C15H22N4. The lowest BCUT2D eigenvalue weighted by molar-refractivity contribution is 0.446. The van der Waals surface area contributed by atoms with E-state index in [4.69, 9.17) is 0 Å². The van der Waals surface area contributed by atoms with E-state index in [0.717, 1.165) is 49.2 Å². The maximum Gasteiger partial charge on any atom is 0.147 e. The van der Waals surface area contributed by atoms with Crippen LogP contribution in [-0.2, 0) is 19.5 Å². The summed E-state index contributed by atoms with van der Waals surface area (Å²) < 4.78 is 2.35. The normalized spacial score (nSPS) is 42.2. The summed E-state index contributed by atoms with van der Waals surface area (Å²) in [5, 5.41) is 12.5. The van der Waals surface area contributed by atoms with Crippen LogP contribution in [0.1, 0.15) is 43.8 Å². The van der Waals surface area contributed by atoms with Crippen LogP contribution in [0.4, 0.5) is 0 Å². The third-order valence-corrected chi connectivity index (χ3v) is 6.17. The predicted molar refractivity (Wildman–Crippen MR) is 71.4 cm³/mol. The molecule has 2 bridgehead atoms. The van der Waals surface area contributed by atoms with Gasteiger partial charge in [-0.25, -0.2) is 0 Å². The molecule has 4 heteroatoms. The van der Waals surface area contributed by atoms with E-state index in [-0.39, 0.29) is 0 Å². The van der Waals surface area contributed by atoms with Crippen LogP contribution >= 0.6 is 0 Å². The smallest absolute Gasteiger partial charge is 0.147 e. The van der Waals surface area contributed by atoms with Crippen LogP contribution in [0.2, 0.25) is 0 Å². The molecule has 4 nitrogen and oxygen atoms in total. The van der Waals surface area contributed by atoms with Crippen molar-refractivity contribution in [2.24, 2.45) is 23.7 Å². The van der Waals surface area contributed by atoms with Crippen molar-refractivity contribution in [2.45, 2.75) is 57.7 Å². The van der Waals surface area contributed by atoms with Crippen LogP contribution in [0.15, 0.2) is 0 Å². The van der Waals surface area contributed by atoms with Crippen molar-refractivity contribution in [2.75, 3.05) is 0 Å². The lowest BCUT2D eigenvalue weighted by Gasteiger charge is -2.15. The molecule has 0 spiro atoms. The van der Waals surface area contributed by atoms with Crippen molar-refractivity contribution in [3.05, 3.63) is 11.6 Å². The summed E-state index contributed by atoms with van der Waals surface area (Å²) in [4.78, 5) is 0. The first kappa shape index (κ1) is 10.8. The number of aromatic nitrogens is 3. The van der Waals surface area contributed by atoms with Gasteiger partial charge in [0, 0.05) is 19.0 Å². The summed E-state index contributed by atoms with van der Waals surface area (Å²) in [6.45, 7) is 2.06. The van der Waals surface area contributed by atoms with E-state index in [9.17, 15) is 0 Å². The monoisotopic (exact) mass is 258 g/mol. The zero-order valence-corrected chi connectivity index (χ0v) is 11.4. The Balaban J connectivity index is 1.27. The number of nitrogens with one attached hydrogen (secondary N) is 1. The van der Waals surface area contributed by atoms with Gasteiger partial charge in [-0.05, 0) is 55.8 Å². The Labute approximate surface area is 114 Å². The molecule has 3 saturated carbocycles. The van der Waals surface area contributed by atoms with E-state index in [0.29, 0.717) is 0 Å². The molecule has 2 heterocycles. The Kier molecular flexibility index (Phi) is 2.17. The second kappa shape index (κ2) is 3.81. The highest BCUT2D eigenvalue weighted by Crippen LogP contribution is 2.65. The largest absolute Gasteiger partial charge is 0.314 e. The van der Waals surface area contributed by atoms with Gasteiger partial charge in [-0.15, -0.1) is 10.2 Å². The molecule has 4 aliphatic rings. The molecule has 0 radical (unpaired) electrons. The van der Waals surface area contributed by atoms with Gasteiger partial charge < -0.3 is 9.88 Å². The summed E-state index contributed by atoms with van der Waals surface area (Å²) in [5.41, 5.74) is 0. The van der Waals surface area contributed by atoms with Crippen LogP contribution in [0.25, 0.3) is 0 Å². The molecule has 4 atom stereocenters. The molecule has 0 saturated heterocycles. The molecule has 3 aliphatic carbocycles. The average Bonchev–Trinajstić information content (AvgIpc) is 2.85. The van der Waals surface area contributed by atoms with Crippen molar-refractivity contribution >= 4 is 0 Å². The number of rotatable bonds is 3. The topological polar surface area (TPSA) is 42.7 Å². The minimum atomic E-state index is 0.808. The maximum absolute atomic E-state index is 4.40. The van der Waals surface area contributed by atoms with Crippen LogP contribution in [-0.4, -0.2) is 20.8 Å². The highest BCUT2D eigenvalue weighted by Gasteiger charge is 2.64. The lowest BCUT2D eigenvalue weighted by Crippen LogP contribution is -2.25. The lowest BCUT2D eigenvalue weighted by atomic mass is 10.0. The van der Waals surface area contributed by atoms with E-state index in [2.05, 4.69) is 20.1 Å². The van der Waals surface area contributed by atoms with Crippen LogP contribution in [0, 0.1) is 23.7 Å². The minimum absolute atomic E-state index is 0.808. The van der Waals surface area contributed by atoms with Gasteiger partial charge in [-0.3, -0.25) is 0 Å². The first-order chi connectivity index (χ1) is 9.42. The second-order valence-corrected chi connectivity index (χ2v) is 7.04. The highest BCUT2D eigenvalue weighted by atomic mass is 15.3. The Hall–Kier alpha value is -0.900. The van der Waals surface area contributed by atoms with Gasteiger partial charge in [0.15, 0.2) is 0 Å². The highest BCUT2D eigenvalue weighted by molar-refractivity contribution is 5.17. The SMILES string of the molecule is C1CCn2c(nnc2CNC2C3C4CCC(C4)C23)C1. The standard InChI is InChI=1S/C15H22N4/c1-2-6-19-11(3-1)17-18-12(19)8-16-15-13-9-4-5-10(7-9)14(13)15/h9-10,13-16H,1-8H2. The van der Waals surface area contributed by atoms with E-state index < -0.39 is 0 Å². The van der Waals surface area contributed by atoms with Crippen molar-refractivity contribution < 1.29 is 0 Å². The van der Waals surface area contributed by atoms with E-state index in [1.54, 1.807) is 0 Å². The van der Waals surface area contributed by atoms with Crippen molar-refractivity contribution in [3.8, 4) is 0 Å². The molecule has 1 aliphatic heterocycles. The number of nitrogens with zero attached hydrogens (tertiary/aromatic N) is 3. The van der Waals surface area contributed by atoms with E-state index in [1.165, 1.54) is 43.8 Å². The second-order valence-electron chi connectivity index (χ2n) is 7.04. The quantitative estimate of drug-likeness (QED) is 0.898. The molecule has 0 aromatic carbocycles. The molecule has 3 fully saturated rings. The third kappa shape index (κ3) is 1.49. The Morgan fingerprint density at radius 2 is 1.95 bits per heavy atom. The molecular weight excluding hydrogens is 236 g/mol. The van der Waals surface area contributed by atoms with Gasteiger partial charge in [-0.2, -0.15) is 0 Å². The predicted octanol–water partition coefficient (Wildman–Crippen LogP) is 1.75. The van der Waals surface area contributed by atoms with E-state index in [1.807, 2.05) is 0 Å². The summed E-state index contributed by atoms with van der Waals surface area (Å²) in [6.07, 6.45) is 8.23. The summed E-state index contributed by atoms with van der Waals surface area (Å²) in [6, 6.07) is 0.808. The van der Waals surface area contributed by atoms with Gasteiger partial charge >= 0.3 is 0 Å². The Morgan fingerprint density at radius 1 is 1.11 bits per heavy atom. The van der Waals surface area contributed by atoms with Gasteiger partial charge in [0.25, 0.3) is 0 Å². The molecule has 102 valence electrons. The van der Waals surface area contributed by atoms with Crippen molar-refractivity contribution in [3.63, 3.8) is 0 Å². The maximum atomic E-state index is 4.40. The minimum Gasteiger partial charge on any atom is -0.314 e. The molecule has 1 aromatic rings. The Bertz CT molecular complexity index is 492. The summed E-state index contributed by atoms with van der Waals surface area (Å²) in [7, 11) is 0. The van der Waals surface area contributed by atoms with Crippen LogP contribution < -0.4 is 5.32 Å². The molecule has 19 heavy (non-hydrogen) atoms. The fourth-order valence-electron chi connectivity index (χ4n) is 5.31. The van der Waals surface area contributed by atoms with Crippen molar-refractivity contribution in [1.82, 2.24) is 20.1 Å². The van der Waals surface area contributed by atoms with Crippen LogP contribution in [0.3, 0.4) is 0 Å².